The quantitative estimate of drug-likeness (QED) is 0.807. The third kappa shape index (κ3) is 4.57. The van der Waals surface area contributed by atoms with Crippen molar-refractivity contribution in [3.05, 3.63) is 59.2 Å². The summed E-state index contributed by atoms with van der Waals surface area (Å²) in [6, 6.07) is 11.9. The van der Waals surface area contributed by atoms with Crippen LogP contribution in [0, 0.1) is 11.3 Å². The normalized spacial score (nSPS) is 11.3. The van der Waals surface area contributed by atoms with Crippen molar-refractivity contribution in [1.82, 2.24) is 0 Å². The van der Waals surface area contributed by atoms with Crippen molar-refractivity contribution in [2.75, 3.05) is 13.2 Å². The fraction of sp³-hybridized carbons (Fsp3) is 0.278. The smallest absolute Gasteiger partial charge is 0.396 e. The van der Waals surface area contributed by atoms with Crippen molar-refractivity contribution in [3.63, 3.8) is 0 Å². The fourth-order valence-corrected chi connectivity index (χ4v) is 2.25. The number of nitriles is 1. The molecule has 0 radical (unpaired) electrons. The molecule has 0 atom stereocenters. The van der Waals surface area contributed by atoms with Gasteiger partial charge in [-0.25, -0.2) is 0 Å². The second-order valence-electron chi connectivity index (χ2n) is 5.19. The van der Waals surface area contributed by atoms with E-state index in [1.54, 1.807) is 24.3 Å². The second kappa shape index (κ2) is 7.95. The number of benzene rings is 2. The first-order chi connectivity index (χ1) is 11.5. The molecule has 0 saturated heterocycles. The molecule has 0 aliphatic rings. The van der Waals surface area contributed by atoms with Gasteiger partial charge < -0.3 is 9.84 Å². The van der Waals surface area contributed by atoms with Gasteiger partial charge in [-0.3, -0.25) is 0 Å². The highest BCUT2D eigenvalue weighted by Gasteiger charge is 2.31. The van der Waals surface area contributed by atoms with E-state index in [4.69, 9.17) is 15.1 Å². The summed E-state index contributed by atoms with van der Waals surface area (Å²) in [5, 5.41) is 17.7. The molecule has 0 saturated carbocycles. The highest BCUT2D eigenvalue weighted by Crippen LogP contribution is 2.34. The van der Waals surface area contributed by atoms with E-state index < -0.39 is 11.7 Å². The zero-order valence-electron chi connectivity index (χ0n) is 12.8. The molecule has 0 aliphatic carbocycles. The largest absolute Gasteiger partial charge is 0.416 e. The number of nitrogens with zero attached hydrogens (tertiary/aromatic N) is 1. The average molecular weight is 335 g/mol. The van der Waals surface area contributed by atoms with Gasteiger partial charge in [-0.15, -0.1) is 0 Å². The van der Waals surface area contributed by atoms with Crippen LogP contribution in [0.2, 0.25) is 0 Å². The van der Waals surface area contributed by atoms with Crippen molar-refractivity contribution in [2.45, 2.75) is 19.2 Å². The van der Waals surface area contributed by atoms with Gasteiger partial charge in [-0.05, 0) is 47.4 Å². The van der Waals surface area contributed by atoms with Gasteiger partial charge in [0.05, 0.1) is 23.8 Å². The van der Waals surface area contributed by atoms with Crippen LogP contribution >= 0.6 is 0 Å². The van der Waals surface area contributed by atoms with E-state index in [-0.39, 0.29) is 13.2 Å². The van der Waals surface area contributed by atoms with Crippen LogP contribution in [-0.2, 0) is 17.5 Å². The predicted octanol–water partition coefficient (Wildman–Crippen LogP) is 4.14. The lowest BCUT2D eigenvalue weighted by molar-refractivity contribution is -0.137. The van der Waals surface area contributed by atoms with Crippen molar-refractivity contribution in [3.8, 4) is 17.2 Å². The summed E-state index contributed by atoms with van der Waals surface area (Å²) in [5.74, 6) is 0. The summed E-state index contributed by atoms with van der Waals surface area (Å²) < 4.78 is 44.4. The van der Waals surface area contributed by atoms with Crippen molar-refractivity contribution >= 4 is 0 Å². The molecule has 24 heavy (non-hydrogen) atoms. The van der Waals surface area contributed by atoms with Gasteiger partial charge in [0.2, 0.25) is 0 Å². The van der Waals surface area contributed by atoms with Crippen LogP contribution in [0.5, 0.6) is 0 Å². The molecule has 2 aromatic rings. The minimum Gasteiger partial charge on any atom is -0.396 e. The Bertz CT molecular complexity index is 736. The first-order valence-corrected chi connectivity index (χ1v) is 7.35. The first kappa shape index (κ1) is 18.0. The molecule has 2 rings (SSSR count). The van der Waals surface area contributed by atoms with Gasteiger partial charge in [0.25, 0.3) is 0 Å². The summed E-state index contributed by atoms with van der Waals surface area (Å²) in [7, 11) is 0. The number of alkyl halides is 3. The number of hydrogen-bond acceptors (Lipinski definition) is 3. The van der Waals surface area contributed by atoms with E-state index in [1.807, 2.05) is 6.07 Å². The van der Waals surface area contributed by atoms with Crippen LogP contribution in [0.1, 0.15) is 23.1 Å². The number of aliphatic hydroxyl groups excluding tert-OH is 1. The fourth-order valence-electron chi connectivity index (χ4n) is 2.25. The summed E-state index contributed by atoms with van der Waals surface area (Å²) in [6.07, 6.45) is -3.99. The van der Waals surface area contributed by atoms with Crippen LogP contribution in [0.4, 0.5) is 13.2 Å². The highest BCUT2D eigenvalue weighted by atomic mass is 19.4. The standard InChI is InChI=1S/C18H16F3NO2/c19-18(20,21)16-6-5-15(12-24-8-2-7-23)17(10-16)14-4-1-3-13(9-14)11-22/h1,3-6,9-10,23H,2,7-8,12H2. The maximum absolute atomic E-state index is 13.0. The number of aliphatic hydroxyl groups is 1. The third-order valence-electron chi connectivity index (χ3n) is 3.44. The van der Waals surface area contributed by atoms with E-state index in [0.29, 0.717) is 35.3 Å². The molecule has 2 aromatic carbocycles. The van der Waals surface area contributed by atoms with E-state index >= 15 is 0 Å². The maximum atomic E-state index is 13.0. The highest BCUT2D eigenvalue weighted by molar-refractivity contribution is 5.69. The van der Waals surface area contributed by atoms with Crippen LogP contribution in [0.15, 0.2) is 42.5 Å². The minimum absolute atomic E-state index is 0.00984. The van der Waals surface area contributed by atoms with E-state index in [1.165, 1.54) is 6.07 Å². The molecule has 126 valence electrons. The average Bonchev–Trinajstić information content (AvgIpc) is 2.58. The summed E-state index contributed by atoms with van der Waals surface area (Å²) in [6.45, 7) is 0.434. The van der Waals surface area contributed by atoms with Crippen molar-refractivity contribution in [2.24, 2.45) is 0 Å². The second-order valence-corrected chi connectivity index (χ2v) is 5.19. The molecule has 0 unspecified atom stereocenters. The summed E-state index contributed by atoms with van der Waals surface area (Å²) in [5.41, 5.74) is 1.12. The predicted molar refractivity (Wildman–Crippen MR) is 83.0 cm³/mol. The number of ether oxygens (including phenoxy) is 1. The molecule has 0 spiro atoms. The molecule has 0 bridgehead atoms. The Morgan fingerprint density at radius 1 is 1.12 bits per heavy atom. The molecule has 0 aliphatic heterocycles. The van der Waals surface area contributed by atoms with Gasteiger partial charge in [-0.1, -0.05) is 18.2 Å². The van der Waals surface area contributed by atoms with Gasteiger partial charge in [0.15, 0.2) is 0 Å². The molecule has 6 heteroatoms. The van der Waals surface area contributed by atoms with Gasteiger partial charge in [0.1, 0.15) is 0 Å². The third-order valence-corrected chi connectivity index (χ3v) is 3.44. The zero-order chi connectivity index (χ0) is 17.6. The Labute approximate surface area is 137 Å². The number of hydrogen-bond donors (Lipinski definition) is 1. The zero-order valence-corrected chi connectivity index (χ0v) is 12.8. The lowest BCUT2D eigenvalue weighted by Crippen LogP contribution is -2.07. The number of halogens is 3. The Kier molecular flexibility index (Phi) is 5.96. The van der Waals surface area contributed by atoms with E-state index in [2.05, 4.69) is 0 Å². The van der Waals surface area contributed by atoms with Gasteiger partial charge in [-0.2, -0.15) is 18.4 Å². The van der Waals surface area contributed by atoms with E-state index in [9.17, 15) is 13.2 Å². The summed E-state index contributed by atoms with van der Waals surface area (Å²) >= 11 is 0. The lowest BCUT2D eigenvalue weighted by atomic mass is 9.96. The summed E-state index contributed by atoms with van der Waals surface area (Å²) in [4.78, 5) is 0. The Morgan fingerprint density at radius 2 is 1.92 bits per heavy atom. The van der Waals surface area contributed by atoms with Gasteiger partial charge >= 0.3 is 6.18 Å². The first-order valence-electron chi connectivity index (χ1n) is 7.35. The van der Waals surface area contributed by atoms with Crippen molar-refractivity contribution in [1.29, 1.82) is 5.26 Å². The van der Waals surface area contributed by atoms with Crippen LogP contribution in [0.25, 0.3) is 11.1 Å². The van der Waals surface area contributed by atoms with Gasteiger partial charge in [0, 0.05) is 13.2 Å². The molecule has 0 aromatic heterocycles. The molecule has 0 amide bonds. The molecule has 0 heterocycles. The lowest BCUT2D eigenvalue weighted by Gasteiger charge is -2.14. The van der Waals surface area contributed by atoms with Crippen LogP contribution < -0.4 is 0 Å². The molecule has 3 nitrogen and oxygen atoms in total. The Balaban J connectivity index is 2.41. The Hall–Kier alpha value is -2.36. The topological polar surface area (TPSA) is 53.2 Å². The van der Waals surface area contributed by atoms with E-state index in [0.717, 1.165) is 12.1 Å². The monoisotopic (exact) mass is 335 g/mol. The molecule has 0 fully saturated rings. The molecular formula is C18H16F3NO2. The molecule has 1 N–H and O–H groups in total. The van der Waals surface area contributed by atoms with Crippen LogP contribution in [0.3, 0.4) is 0 Å². The SMILES string of the molecule is N#Cc1cccc(-c2cc(C(F)(F)F)ccc2COCCCO)c1. The van der Waals surface area contributed by atoms with Crippen LogP contribution in [-0.4, -0.2) is 18.3 Å². The maximum Gasteiger partial charge on any atom is 0.416 e. The molecular weight excluding hydrogens is 319 g/mol. The van der Waals surface area contributed by atoms with Crippen molar-refractivity contribution < 1.29 is 23.0 Å². The Morgan fingerprint density at radius 3 is 2.58 bits per heavy atom. The minimum atomic E-state index is -4.45. The number of rotatable bonds is 6.